The Morgan fingerprint density at radius 3 is 2.73 bits per heavy atom. The van der Waals surface area contributed by atoms with Crippen LogP contribution in [0.15, 0.2) is 60.8 Å². The van der Waals surface area contributed by atoms with Crippen LogP contribution in [0.2, 0.25) is 0 Å². The van der Waals surface area contributed by atoms with Gasteiger partial charge < -0.3 is 20.3 Å². The number of hydrogen-bond donors (Lipinski definition) is 3. The maximum atomic E-state index is 11.9. The molecule has 0 unspecified atom stereocenters. The summed E-state index contributed by atoms with van der Waals surface area (Å²) >= 11 is 0. The highest BCUT2D eigenvalue weighted by Crippen LogP contribution is 2.20. The van der Waals surface area contributed by atoms with Gasteiger partial charge in [0.25, 0.3) is 0 Å². The van der Waals surface area contributed by atoms with Crippen LogP contribution >= 0.6 is 0 Å². The lowest BCUT2D eigenvalue weighted by Crippen LogP contribution is -2.38. The first-order valence-electron chi connectivity index (χ1n) is 8.92. The van der Waals surface area contributed by atoms with Crippen molar-refractivity contribution < 1.29 is 9.90 Å². The van der Waals surface area contributed by atoms with E-state index in [1.54, 1.807) is 0 Å². The van der Waals surface area contributed by atoms with Crippen LogP contribution in [0.1, 0.15) is 23.7 Å². The Labute approximate surface area is 153 Å². The predicted octanol–water partition coefficient (Wildman–Crippen LogP) is 3.14. The van der Waals surface area contributed by atoms with Crippen molar-refractivity contribution in [3.63, 3.8) is 0 Å². The molecule has 1 heterocycles. The number of aliphatic hydroxyl groups excluding tert-OH is 1. The number of aromatic nitrogens is 1. The van der Waals surface area contributed by atoms with E-state index < -0.39 is 6.10 Å². The maximum Gasteiger partial charge on any atom is 0.314 e. The number of amides is 2. The summed E-state index contributed by atoms with van der Waals surface area (Å²) in [4.78, 5) is 11.9. The average molecular weight is 351 g/mol. The van der Waals surface area contributed by atoms with Crippen LogP contribution in [0.3, 0.4) is 0 Å². The molecule has 3 aromatic rings. The largest absolute Gasteiger partial charge is 0.387 e. The van der Waals surface area contributed by atoms with E-state index in [0.717, 1.165) is 29.3 Å². The number of carbonyl (C=O) groups excluding carboxylic acids is 1. The Morgan fingerprint density at radius 2 is 1.92 bits per heavy atom. The number of carbonyl (C=O) groups is 1. The van der Waals surface area contributed by atoms with Gasteiger partial charge in [-0.3, -0.25) is 0 Å². The second-order valence-corrected chi connectivity index (χ2v) is 6.49. The molecule has 0 bridgehead atoms. The summed E-state index contributed by atoms with van der Waals surface area (Å²) in [5.74, 6) is 0. The average Bonchev–Trinajstić information content (AvgIpc) is 3.04. The molecule has 0 spiro atoms. The molecule has 3 rings (SSSR count). The number of aryl methyl sites for hydroxylation is 2. The van der Waals surface area contributed by atoms with E-state index in [2.05, 4.69) is 22.8 Å². The molecule has 0 saturated heterocycles. The molecule has 0 aliphatic carbocycles. The van der Waals surface area contributed by atoms with Gasteiger partial charge in [-0.2, -0.15) is 0 Å². The third-order valence-corrected chi connectivity index (χ3v) is 4.52. The molecule has 0 radical (unpaired) electrons. The van der Waals surface area contributed by atoms with Crippen LogP contribution in [0.25, 0.3) is 10.9 Å². The number of fused-ring (bicyclic) bond motifs is 1. The Balaban J connectivity index is 1.40. The van der Waals surface area contributed by atoms with Gasteiger partial charge in [0.1, 0.15) is 0 Å². The molecule has 0 aliphatic heterocycles. The summed E-state index contributed by atoms with van der Waals surface area (Å²) in [6, 6.07) is 17.8. The van der Waals surface area contributed by atoms with Crippen molar-refractivity contribution in [3.05, 3.63) is 71.9 Å². The zero-order chi connectivity index (χ0) is 18.4. The van der Waals surface area contributed by atoms with Crippen molar-refractivity contribution in [3.8, 4) is 0 Å². The van der Waals surface area contributed by atoms with Crippen molar-refractivity contribution in [1.29, 1.82) is 0 Å². The highest BCUT2D eigenvalue weighted by Gasteiger charge is 2.10. The molecule has 5 nitrogen and oxygen atoms in total. The molecule has 0 aliphatic rings. The Hall–Kier alpha value is -2.79. The second kappa shape index (κ2) is 8.54. The van der Waals surface area contributed by atoms with Gasteiger partial charge >= 0.3 is 6.03 Å². The lowest BCUT2D eigenvalue weighted by molar-refractivity contribution is 0.173. The standard InChI is InChI=1S/C21H25N3O2/c1-24-13-11-17-14-18(9-10-19(17)24)20(25)15-23-21(26)22-12-5-8-16-6-3-2-4-7-16/h2-4,6-7,9-11,13-14,20,25H,5,8,12,15H2,1H3,(H2,22,23,26)/t20-/m0/s1. The maximum absolute atomic E-state index is 11.9. The monoisotopic (exact) mass is 351 g/mol. The first kappa shape index (κ1) is 18.0. The van der Waals surface area contributed by atoms with Gasteiger partial charge in [-0.15, -0.1) is 0 Å². The summed E-state index contributed by atoms with van der Waals surface area (Å²) < 4.78 is 2.03. The molecule has 0 saturated carbocycles. The van der Waals surface area contributed by atoms with Crippen LogP contribution in [0, 0.1) is 0 Å². The van der Waals surface area contributed by atoms with Crippen LogP contribution < -0.4 is 10.6 Å². The van der Waals surface area contributed by atoms with Gasteiger partial charge in [0.15, 0.2) is 0 Å². The van der Waals surface area contributed by atoms with Crippen LogP contribution in [-0.2, 0) is 13.5 Å². The number of rotatable bonds is 7. The Morgan fingerprint density at radius 1 is 1.12 bits per heavy atom. The minimum atomic E-state index is -0.727. The predicted molar refractivity (Wildman–Crippen MR) is 104 cm³/mol. The van der Waals surface area contributed by atoms with Gasteiger partial charge in [-0.25, -0.2) is 4.79 Å². The van der Waals surface area contributed by atoms with Crippen molar-refractivity contribution in [2.24, 2.45) is 7.05 Å². The van der Waals surface area contributed by atoms with E-state index in [9.17, 15) is 9.90 Å². The Kier molecular flexibility index (Phi) is 5.92. The molecule has 26 heavy (non-hydrogen) atoms. The topological polar surface area (TPSA) is 66.3 Å². The van der Waals surface area contributed by atoms with Crippen LogP contribution in [-0.4, -0.2) is 28.8 Å². The molecule has 1 aromatic heterocycles. The number of urea groups is 1. The summed E-state index contributed by atoms with van der Waals surface area (Å²) in [7, 11) is 1.99. The summed E-state index contributed by atoms with van der Waals surface area (Å²) in [6.07, 6.45) is 3.07. The van der Waals surface area contributed by atoms with Crippen molar-refractivity contribution >= 4 is 16.9 Å². The molecule has 5 heteroatoms. The number of hydrogen-bond acceptors (Lipinski definition) is 2. The fourth-order valence-corrected chi connectivity index (χ4v) is 3.02. The molecule has 2 aromatic carbocycles. The van der Waals surface area contributed by atoms with E-state index in [-0.39, 0.29) is 12.6 Å². The highest BCUT2D eigenvalue weighted by molar-refractivity contribution is 5.81. The second-order valence-electron chi connectivity index (χ2n) is 6.49. The summed E-state index contributed by atoms with van der Waals surface area (Å²) in [6.45, 7) is 0.787. The number of benzene rings is 2. The third-order valence-electron chi connectivity index (χ3n) is 4.52. The third kappa shape index (κ3) is 4.64. The van der Waals surface area contributed by atoms with Gasteiger partial charge in [0, 0.05) is 31.9 Å². The van der Waals surface area contributed by atoms with Crippen molar-refractivity contribution in [1.82, 2.24) is 15.2 Å². The van der Waals surface area contributed by atoms with E-state index in [1.165, 1.54) is 5.56 Å². The fraction of sp³-hybridized carbons (Fsp3) is 0.286. The van der Waals surface area contributed by atoms with E-state index in [1.807, 2.05) is 60.3 Å². The van der Waals surface area contributed by atoms with Gasteiger partial charge in [-0.05, 0) is 47.6 Å². The number of nitrogens with zero attached hydrogens (tertiary/aromatic N) is 1. The van der Waals surface area contributed by atoms with E-state index in [4.69, 9.17) is 0 Å². The normalized spacial score (nSPS) is 12.1. The van der Waals surface area contributed by atoms with Gasteiger partial charge in [0.05, 0.1) is 6.10 Å². The van der Waals surface area contributed by atoms with Crippen LogP contribution in [0.5, 0.6) is 0 Å². The molecule has 1 atom stereocenters. The fourth-order valence-electron chi connectivity index (χ4n) is 3.02. The van der Waals surface area contributed by atoms with E-state index in [0.29, 0.717) is 6.54 Å². The molecule has 136 valence electrons. The number of nitrogens with one attached hydrogen (secondary N) is 2. The number of aliphatic hydroxyl groups is 1. The first-order valence-corrected chi connectivity index (χ1v) is 8.92. The van der Waals surface area contributed by atoms with Gasteiger partial charge in [-0.1, -0.05) is 36.4 Å². The zero-order valence-electron chi connectivity index (χ0n) is 15.0. The SMILES string of the molecule is Cn1ccc2cc([C@@H](O)CNC(=O)NCCCc3ccccc3)ccc21. The molecule has 0 fully saturated rings. The first-order chi connectivity index (χ1) is 12.6. The molecular formula is C21H25N3O2. The van der Waals surface area contributed by atoms with Crippen LogP contribution in [0.4, 0.5) is 4.79 Å². The summed E-state index contributed by atoms with van der Waals surface area (Å²) in [5.41, 5.74) is 3.18. The zero-order valence-corrected chi connectivity index (χ0v) is 15.0. The van der Waals surface area contributed by atoms with E-state index >= 15 is 0 Å². The minimum Gasteiger partial charge on any atom is -0.387 e. The lowest BCUT2D eigenvalue weighted by atomic mass is 10.1. The molecule has 3 N–H and O–H groups in total. The summed E-state index contributed by atoms with van der Waals surface area (Å²) in [5, 5.41) is 16.9. The van der Waals surface area contributed by atoms with Gasteiger partial charge in [0.2, 0.25) is 0 Å². The lowest BCUT2D eigenvalue weighted by Gasteiger charge is -2.13. The smallest absolute Gasteiger partial charge is 0.314 e. The molecular weight excluding hydrogens is 326 g/mol. The minimum absolute atomic E-state index is 0.183. The highest BCUT2D eigenvalue weighted by atomic mass is 16.3. The molecule has 2 amide bonds. The van der Waals surface area contributed by atoms with Crippen molar-refractivity contribution in [2.45, 2.75) is 18.9 Å². The Bertz CT molecular complexity index is 858. The van der Waals surface area contributed by atoms with Crippen molar-refractivity contribution in [2.75, 3.05) is 13.1 Å². The quantitative estimate of drug-likeness (QED) is 0.573.